The van der Waals surface area contributed by atoms with E-state index in [1.54, 1.807) is 16.7 Å². The number of nitrogens with one attached hydrogen (secondary N) is 1. The summed E-state index contributed by atoms with van der Waals surface area (Å²) in [6.45, 7) is 1.41. The highest BCUT2D eigenvalue weighted by Gasteiger charge is 2.30. The van der Waals surface area contributed by atoms with Crippen LogP contribution in [0.3, 0.4) is 0 Å². The van der Waals surface area contributed by atoms with E-state index in [4.69, 9.17) is 0 Å². The van der Waals surface area contributed by atoms with E-state index in [1.807, 2.05) is 0 Å². The number of aromatic amines is 1. The molecule has 6 nitrogen and oxygen atoms in total. The number of H-pyrrole nitrogens is 1. The van der Waals surface area contributed by atoms with Gasteiger partial charge in [0.25, 0.3) is 5.56 Å². The van der Waals surface area contributed by atoms with Crippen LogP contribution in [0.4, 0.5) is 13.2 Å². The fourth-order valence-electron chi connectivity index (χ4n) is 2.67. The minimum atomic E-state index is -4.43. The summed E-state index contributed by atoms with van der Waals surface area (Å²) in [6.07, 6.45) is -4.10. The quantitative estimate of drug-likeness (QED) is 0.856. The van der Waals surface area contributed by atoms with E-state index in [1.165, 1.54) is 12.1 Å². The largest absolute Gasteiger partial charge is 0.416 e. The maximum absolute atomic E-state index is 12.6. The molecule has 0 unspecified atom stereocenters. The van der Waals surface area contributed by atoms with Crippen molar-refractivity contribution < 1.29 is 18.0 Å². The van der Waals surface area contributed by atoms with E-state index < -0.39 is 17.3 Å². The van der Waals surface area contributed by atoms with Crippen molar-refractivity contribution in [3.8, 4) is 11.4 Å². The summed E-state index contributed by atoms with van der Waals surface area (Å²) in [5.74, 6) is 1.88. The van der Waals surface area contributed by atoms with Crippen molar-refractivity contribution in [2.45, 2.75) is 19.0 Å². The Morgan fingerprint density at radius 1 is 1.15 bits per heavy atom. The predicted octanol–water partition coefficient (Wildman–Crippen LogP) is 2.36. The summed E-state index contributed by atoms with van der Waals surface area (Å²) in [5.41, 5.74) is -0.832. The van der Waals surface area contributed by atoms with Crippen molar-refractivity contribution in [2.75, 3.05) is 24.6 Å². The first-order valence-corrected chi connectivity index (χ1v) is 9.49. The first kappa shape index (κ1) is 19.4. The van der Waals surface area contributed by atoms with Gasteiger partial charge in [-0.3, -0.25) is 9.59 Å². The van der Waals surface area contributed by atoms with Crippen LogP contribution in [0.1, 0.15) is 17.7 Å². The zero-order valence-electron chi connectivity index (χ0n) is 14.3. The Kier molecular flexibility index (Phi) is 5.83. The van der Waals surface area contributed by atoms with Crippen LogP contribution in [0, 0.1) is 0 Å². The highest BCUT2D eigenvalue weighted by molar-refractivity contribution is 7.99. The minimum Gasteiger partial charge on any atom is -0.341 e. The minimum absolute atomic E-state index is 0.0247. The van der Waals surface area contributed by atoms with Crippen molar-refractivity contribution in [1.82, 2.24) is 20.1 Å². The average molecular weight is 398 g/mol. The van der Waals surface area contributed by atoms with Crippen molar-refractivity contribution in [3.05, 3.63) is 45.9 Å². The van der Waals surface area contributed by atoms with Gasteiger partial charge in [0, 0.05) is 43.0 Å². The molecule has 10 heteroatoms. The molecule has 0 bridgehead atoms. The van der Waals surface area contributed by atoms with Crippen LogP contribution in [0.25, 0.3) is 11.4 Å². The molecule has 1 aromatic heterocycles. The van der Waals surface area contributed by atoms with Crippen molar-refractivity contribution in [2.24, 2.45) is 0 Å². The van der Waals surface area contributed by atoms with Gasteiger partial charge in [-0.05, 0) is 12.1 Å². The molecule has 1 aromatic carbocycles. The van der Waals surface area contributed by atoms with Crippen molar-refractivity contribution in [3.63, 3.8) is 0 Å². The molecular weight excluding hydrogens is 381 g/mol. The molecule has 144 valence electrons. The van der Waals surface area contributed by atoms with Crippen LogP contribution >= 0.6 is 11.8 Å². The van der Waals surface area contributed by atoms with Gasteiger partial charge in [-0.25, -0.2) is 0 Å². The van der Waals surface area contributed by atoms with Crippen LogP contribution in [0.2, 0.25) is 0 Å². The SMILES string of the molecule is O=C(CCc1nnc(-c2ccc(C(F)(F)F)cc2)[nH]c1=O)N1CCSCC1. The Hall–Kier alpha value is -2.36. The van der Waals surface area contributed by atoms with Gasteiger partial charge in [-0.2, -0.15) is 24.9 Å². The number of hydrogen-bond donors (Lipinski definition) is 1. The normalized spacial score (nSPS) is 15.0. The topological polar surface area (TPSA) is 79.0 Å². The zero-order chi connectivity index (χ0) is 19.4. The number of carbonyl (C=O) groups is 1. The molecule has 0 atom stereocenters. The van der Waals surface area contributed by atoms with Gasteiger partial charge in [0.05, 0.1) is 5.56 Å². The van der Waals surface area contributed by atoms with E-state index in [0.29, 0.717) is 18.7 Å². The standard InChI is InChI=1S/C17H17F3N4O2S/c18-17(19,20)12-3-1-11(2-4-12)15-21-16(26)13(22-23-15)5-6-14(25)24-7-9-27-10-8-24/h1-4H,5-10H2,(H,21,23,26). The lowest BCUT2D eigenvalue weighted by molar-refractivity contribution is -0.137. The number of aromatic nitrogens is 3. The number of alkyl halides is 3. The first-order valence-electron chi connectivity index (χ1n) is 8.33. The van der Waals surface area contributed by atoms with E-state index in [9.17, 15) is 22.8 Å². The molecule has 1 aliphatic heterocycles. The van der Waals surface area contributed by atoms with E-state index in [0.717, 1.165) is 23.6 Å². The molecule has 2 heterocycles. The molecule has 1 fully saturated rings. The van der Waals surface area contributed by atoms with Crippen LogP contribution in [-0.2, 0) is 17.4 Å². The molecule has 0 spiro atoms. The predicted molar refractivity (Wildman–Crippen MR) is 95.3 cm³/mol. The molecular formula is C17H17F3N4O2S. The molecule has 0 radical (unpaired) electrons. The molecule has 1 N–H and O–H groups in total. The number of halogens is 3. The summed E-state index contributed by atoms with van der Waals surface area (Å²) >= 11 is 1.80. The number of aryl methyl sites for hydroxylation is 1. The second-order valence-electron chi connectivity index (χ2n) is 6.02. The molecule has 2 aromatic rings. The maximum Gasteiger partial charge on any atom is 0.416 e. The lowest BCUT2D eigenvalue weighted by Gasteiger charge is -2.26. The molecule has 1 saturated heterocycles. The molecule has 0 saturated carbocycles. The van der Waals surface area contributed by atoms with Gasteiger partial charge in [-0.15, -0.1) is 10.2 Å². The van der Waals surface area contributed by atoms with Gasteiger partial charge < -0.3 is 9.88 Å². The lowest BCUT2D eigenvalue weighted by atomic mass is 10.1. The lowest BCUT2D eigenvalue weighted by Crippen LogP contribution is -2.38. The van der Waals surface area contributed by atoms with Gasteiger partial charge in [0.2, 0.25) is 5.91 Å². The second-order valence-corrected chi connectivity index (χ2v) is 7.24. The van der Waals surface area contributed by atoms with Crippen molar-refractivity contribution in [1.29, 1.82) is 0 Å². The Morgan fingerprint density at radius 2 is 1.81 bits per heavy atom. The fraction of sp³-hybridized carbons (Fsp3) is 0.412. The van der Waals surface area contributed by atoms with Gasteiger partial charge >= 0.3 is 6.18 Å². The summed E-state index contributed by atoms with van der Waals surface area (Å²) in [4.78, 5) is 28.6. The van der Waals surface area contributed by atoms with Crippen molar-refractivity contribution >= 4 is 17.7 Å². The molecule has 0 aliphatic carbocycles. The number of hydrogen-bond acceptors (Lipinski definition) is 5. The summed E-state index contributed by atoms with van der Waals surface area (Å²) < 4.78 is 37.8. The number of thioether (sulfide) groups is 1. The molecule has 3 rings (SSSR count). The van der Waals surface area contributed by atoms with Gasteiger partial charge in [-0.1, -0.05) is 12.1 Å². The van der Waals surface area contributed by atoms with E-state index in [2.05, 4.69) is 15.2 Å². The van der Waals surface area contributed by atoms with Crippen LogP contribution < -0.4 is 5.56 Å². The van der Waals surface area contributed by atoms with Gasteiger partial charge in [0.15, 0.2) is 5.82 Å². The van der Waals surface area contributed by atoms with E-state index in [-0.39, 0.29) is 30.3 Å². The summed E-state index contributed by atoms with van der Waals surface area (Å²) in [6, 6.07) is 4.28. The third-order valence-corrected chi connectivity index (χ3v) is 5.13. The third kappa shape index (κ3) is 4.88. The number of benzene rings is 1. The Balaban J connectivity index is 1.66. The van der Waals surface area contributed by atoms with Crippen LogP contribution in [0.15, 0.2) is 29.1 Å². The summed E-state index contributed by atoms with van der Waals surface area (Å²) in [5, 5.41) is 7.73. The number of amides is 1. The Bertz CT molecular complexity index is 862. The highest BCUT2D eigenvalue weighted by Crippen LogP contribution is 2.30. The third-order valence-electron chi connectivity index (χ3n) is 4.19. The maximum atomic E-state index is 12.6. The molecule has 1 aliphatic rings. The second kappa shape index (κ2) is 8.12. The number of carbonyl (C=O) groups excluding carboxylic acids is 1. The van der Waals surface area contributed by atoms with Gasteiger partial charge in [0.1, 0.15) is 5.69 Å². The number of nitrogens with zero attached hydrogens (tertiary/aromatic N) is 3. The Labute approximate surface area is 157 Å². The Morgan fingerprint density at radius 3 is 2.41 bits per heavy atom. The average Bonchev–Trinajstić information content (AvgIpc) is 2.67. The molecule has 1 amide bonds. The zero-order valence-corrected chi connectivity index (χ0v) is 15.1. The first-order chi connectivity index (χ1) is 12.8. The smallest absolute Gasteiger partial charge is 0.341 e. The fourth-order valence-corrected chi connectivity index (χ4v) is 3.57. The molecule has 27 heavy (non-hydrogen) atoms. The monoisotopic (exact) mass is 398 g/mol. The van der Waals surface area contributed by atoms with Crippen LogP contribution in [0.5, 0.6) is 0 Å². The highest BCUT2D eigenvalue weighted by atomic mass is 32.2. The van der Waals surface area contributed by atoms with Crippen LogP contribution in [-0.4, -0.2) is 50.6 Å². The van der Waals surface area contributed by atoms with E-state index >= 15 is 0 Å². The number of rotatable bonds is 4. The summed E-state index contributed by atoms with van der Waals surface area (Å²) in [7, 11) is 0.